The maximum atomic E-state index is 12.0. The first-order valence-electron chi connectivity index (χ1n) is 6.10. The number of nitro groups is 1. The highest BCUT2D eigenvalue weighted by Crippen LogP contribution is 2.37. The van der Waals surface area contributed by atoms with Gasteiger partial charge in [-0.05, 0) is 0 Å². The first-order valence-corrected chi connectivity index (χ1v) is 6.10. The summed E-state index contributed by atoms with van der Waals surface area (Å²) in [6, 6.07) is 2.38. The summed E-state index contributed by atoms with van der Waals surface area (Å²) in [6.07, 6.45) is 0.625. The fraction of sp³-hybridized carbons (Fsp3) is 0.417. The molecule has 0 spiro atoms. The van der Waals surface area contributed by atoms with Gasteiger partial charge in [-0.15, -0.1) is 0 Å². The van der Waals surface area contributed by atoms with E-state index < -0.39 is 10.8 Å². The molecule has 0 saturated carbocycles. The van der Waals surface area contributed by atoms with Gasteiger partial charge in [-0.3, -0.25) is 14.9 Å². The van der Waals surface area contributed by atoms with Crippen LogP contribution in [0.3, 0.4) is 0 Å². The van der Waals surface area contributed by atoms with Crippen molar-refractivity contribution < 1.29 is 24.3 Å². The Labute approximate surface area is 114 Å². The average Bonchev–Trinajstić information content (AvgIpc) is 2.68. The summed E-state index contributed by atoms with van der Waals surface area (Å²) in [5, 5.41) is 22.0. The molecule has 2 rings (SSSR count). The number of ether oxygens (including phenoxy) is 2. The third-order valence-corrected chi connectivity index (χ3v) is 2.69. The molecule has 1 aliphatic rings. The highest BCUT2D eigenvalue weighted by Gasteiger charge is 2.24. The van der Waals surface area contributed by atoms with Crippen LogP contribution in [-0.4, -0.2) is 42.3 Å². The minimum atomic E-state index is -0.600. The molecule has 1 heterocycles. The van der Waals surface area contributed by atoms with Gasteiger partial charge in [-0.1, -0.05) is 0 Å². The molecule has 1 aromatic rings. The molecule has 0 bridgehead atoms. The van der Waals surface area contributed by atoms with Crippen LogP contribution in [0.4, 0.5) is 5.69 Å². The van der Waals surface area contributed by atoms with E-state index in [4.69, 9.17) is 14.6 Å². The van der Waals surface area contributed by atoms with E-state index in [1.165, 1.54) is 6.07 Å². The predicted molar refractivity (Wildman–Crippen MR) is 68.1 cm³/mol. The molecule has 0 aromatic heterocycles. The van der Waals surface area contributed by atoms with Crippen LogP contribution < -0.4 is 14.8 Å². The van der Waals surface area contributed by atoms with Crippen molar-refractivity contribution in [2.75, 3.05) is 26.4 Å². The van der Waals surface area contributed by atoms with Gasteiger partial charge in [0.2, 0.25) is 0 Å². The zero-order valence-corrected chi connectivity index (χ0v) is 10.6. The number of hydrogen-bond donors (Lipinski definition) is 2. The Morgan fingerprint density at radius 1 is 1.40 bits per heavy atom. The van der Waals surface area contributed by atoms with Gasteiger partial charge in [0.15, 0.2) is 11.5 Å². The normalized spacial score (nSPS) is 13.4. The van der Waals surface area contributed by atoms with Crippen molar-refractivity contribution in [2.45, 2.75) is 6.42 Å². The lowest BCUT2D eigenvalue weighted by atomic mass is 10.1. The standard InChI is InChI=1S/C12H14N2O6/c15-3-2-13-12(16)9-6-8(14(17)18)7-10-11(9)20-5-1-4-19-10/h6-7,15H,1-5H2,(H,13,16). The van der Waals surface area contributed by atoms with Gasteiger partial charge >= 0.3 is 0 Å². The Hall–Kier alpha value is -2.35. The molecule has 0 aliphatic carbocycles. The van der Waals surface area contributed by atoms with E-state index in [0.29, 0.717) is 19.6 Å². The number of benzene rings is 1. The SMILES string of the molecule is O=C(NCCO)c1cc([N+](=O)[O-])cc2c1OCCCO2. The first kappa shape index (κ1) is 14.1. The number of rotatable bonds is 4. The summed E-state index contributed by atoms with van der Waals surface area (Å²) in [5.41, 5.74) is -0.215. The molecule has 20 heavy (non-hydrogen) atoms. The summed E-state index contributed by atoms with van der Waals surface area (Å²) in [6.45, 7) is 0.564. The van der Waals surface area contributed by atoms with E-state index in [-0.39, 0.29) is 35.9 Å². The zero-order valence-electron chi connectivity index (χ0n) is 10.6. The van der Waals surface area contributed by atoms with Crippen molar-refractivity contribution in [2.24, 2.45) is 0 Å². The van der Waals surface area contributed by atoms with Gasteiger partial charge in [-0.2, -0.15) is 0 Å². The van der Waals surface area contributed by atoms with Crippen LogP contribution >= 0.6 is 0 Å². The number of nitrogens with zero attached hydrogens (tertiary/aromatic N) is 1. The first-order chi connectivity index (χ1) is 9.63. The quantitative estimate of drug-likeness (QED) is 0.613. The Bertz CT molecular complexity index is 531. The number of carbonyl (C=O) groups is 1. The van der Waals surface area contributed by atoms with Crippen molar-refractivity contribution in [3.05, 3.63) is 27.8 Å². The van der Waals surface area contributed by atoms with E-state index in [0.717, 1.165) is 6.07 Å². The summed E-state index contributed by atoms with van der Waals surface area (Å²) < 4.78 is 10.8. The molecule has 0 atom stereocenters. The molecule has 1 aromatic carbocycles. The number of aliphatic hydroxyl groups excluding tert-OH is 1. The molecule has 1 amide bonds. The van der Waals surface area contributed by atoms with Gasteiger partial charge < -0.3 is 19.9 Å². The fourth-order valence-corrected chi connectivity index (χ4v) is 1.80. The lowest BCUT2D eigenvalue weighted by molar-refractivity contribution is -0.385. The van der Waals surface area contributed by atoms with Crippen LogP contribution in [0.25, 0.3) is 0 Å². The minimum Gasteiger partial charge on any atom is -0.489 e. The van der Waals surface area contributed by atoms with Crippen LogP contribution in [0, 0.1) is 10.1 Å². The number of nitro benzene ring substituents is 1. The number of carbonyl (C=O) groups excluding carboxylic acids is 1. The largest absolute Gasteiger partial charge is 0.489 e. The van der Waals surface area contributed by atoms with Crippen LogP contribution in [0.2, 0.25) is 0 Å². The van der Waals surface area contributed by atoms with E-state index >= 15 is 0 Å². The smallest absolute Gasteiger partial charge is 0.274 e. The highest BCUT2D eigenvalue weighted by molar-refractivity contribution is 5.98. The number of fused-ring (bicyclic) bond motifs is 1. The maximum Gasteiger partial charge on any atom is 0.274 e. The summed E-state index contributed by atoms with van der Waals surface area (Å²) in [5.74, 6) is -0.168. The van der Waals surface area contributed by atoms with Crippen molar-refractivity contribution in [1.29, 1.82) is 0 Å². The molecule has 8 heteroatoms. The Balaban J connectivity index is 2.43. The molecule has 0 unspecified atom stereocenters. The van der Waals surface area contributed by atoms with E-state index in [1.807, 2.05) is 0 Å². The number of hydrogen-bond acceptors (Lipinski definition) is 6. The number of amides is 1. The Morgan fingerprint density at radius 3 is 2.85 bits per heavy atom. The van der Waals surface area contributed by atoms with Crippen LogP contribution in [-0.2, 0) is 0 Å². The van der Waals surface area contributed by atoms with E-state index in [9.17, 15) is 14.9 Å². The molecule has 2 N–H and O–H groups in total. The third-order valence-electron chi connectivity index (χ3n) is 2.69. The summed E-state index contributed by atoms with van der Waals surface area (Å²) in [7, 11) is 0. The minimum absolute atomic E-state index is 0.0320. The second-order valence-corrected chi connectivity index (χ2v) is 4.11. The second-order valence-electron chi connectivity index (χ2n) is 4.11. The highest BCUT2D eigenvalue weighted by atomic mass is 16.6. The number of non-ortho nitro benzene ring substituents is 1. The topological polar surface area (TPSA) is 111 Å². The van der Waals surface area contributed by atoms with Crippen LogP contribution in [0.1, 0.15) is 16.8 Å². The number of aliphatic hydroxyl groups is 1. The van der Waals surface area contributed by atoms with Gasteiger partial charge in [0.25, 0.3) is 11.6 Å². The lowest BCUT2D eigenvalue weighted by Crippen LogP contribution is -2.27. The average molecular weight is 282 g/mol. The van der Waals surface area contributed by atoms with E-state index in [2.05, 4.69) is 5.32 Å². The monoisotopic (exact) mass is 282 g/mol. The van der Waals surface area contributed by atoms with Gasteiger partial charge in [0, 0.05) is 19.0 Å². The van der Waals surface area contributed by atoms with Crippen molar-refractivity contribution in [3.8, 4) is 11.5 Å². The lowest BCUT2D eigenvalue weighted by Gasteiger charge is -2.12. The predicted octanol–water partition coefficient (Wildman–Crippen LogP) is 0.478. The van der Waals surface area contributed by atoms with Gasteiger partial charge in [-0.25, -0.2) is 0 Å². The van der Waals surface area contributed by atoms with Crippen molar-refractivity contribution >= 4 is 11.6 Å². The molecule has 0 saturated heterocycles. The molecule has 8 nitrogen and oxygen atoms in total. The molecule has 108 valence electrons. The summed E-state index contributed by atoms with van der Waals surface area (Å²) >= 11 is 0. The Kier molecular flexibility index (Phi) is 4.36. The molecular weight excluding hydrogens is 268 g/mol. The van der Waals surface area contributed by atoms with Gasteiger partial charge in [0.05, 0.1) is 36.4 Å². The molecule has 1 aliphatic heterocycles. The molecular formula is C12H14N2O6. The van der Waals surface area contributed by atoms with Crippen molar-refractivity contribution in [3.63, 3.8) is 0 Å². The number of nitrogens with one attached hydrogen (secondary N) is 1. The van der Waals surface area contributed by atoms with Gasteiger partial charge in [0.1, 0.15) is 0 Å². The fourth-order valence-electron chi connectivity index (χ4n) is 1.80. The van der Waals surface area contributed by atoms with E-state index in [1.54, 1.807) is 0 Å². The van der Waals surface area contributed by atoms with Crippen molar-refractivity contribution in [1.82, 2.24) is 5.32 Å². The second kappa shape index (κ2) is 6.20. The zero-order chi connectivity index (χ0) is 14.5. The van der Waals surface area contributed by atoms with Crippen LogP contribution in [0.5, 0.6) is 11.5 Å². The summed E-state index contributed by atoms with van der Waals surface area (Å²) in [4.78, 5) is 22.3. The molecule has 0 fully saturated rings. The Morgan fingerprint density at radius 2 is 2.15 bits per heavy atom. The maximum absolute atomic E-state index is 12.0. The third kappa shape index (κ3) is 2.97. The van der Waals surface area contributed by atoms with Crippen LogP contribution in [0.15, 0.2) is 12.1 Å². The molecule has 0 radical (unpaired) electrons.